The zero-order valence-corrected chi connectivity index (χ0v) is 13.1. The van der Waals surface area contributed by atoms with E-state index in [1.54, 1.807) is 19.3 Å². The molecule has 1 aromatic rings. The van der Waals surface area contributed by atoms with E-state index in [2.05, 4.69) is 32.9 Å². The fraction of sp³-hybridized carbons (Fsp3) is 0.533. The Morgan fingerprint density at radius 2 is 2.05 bits per heavy atom. The summed E-state index contributed by atoms with van der Waals surface area (Å²) in [5.41, 5.74) is 1.07. The molecule has 0 aliphatic rings. The zero-order valence-electron chi connectivity index (χ0n) is 13.1. The maximum Gasteiger partial charge on any atom is 0.227 e. The second-order valence-corrected chi connectivity index (χ2v) is 4.80. The maximum atomic E-state index is 11.8. The lowest BCUT2D eigenvalue weighted by atomic mass is 10.3. The van der Waals surface area contributed by atoms with E-state index in [1.807, 2.05) is 13.0 Å². The van der Waals surface area contributed by atoms with Crippen molar-refractivity contribution in [3.8, 4) is 0 Å². The van der Waals surface area contributed by atoms with Gasteiger partial charge < -0.3 is 16.0 Å². The van der Waals surface area contributed by atoms with Gasteiger partial charge in [-0.2, -0.15) is 0 Å². The number of anilines is 1. The van der Waals surface area contributed by atoms with E-state index in [-0.39, 0.29) is 5.91 Å². The Balaban J connectivity index is 2.24. The summed E-state index contributed by atoms with van der Waals surface area (Å²) in [4.78, 5) is 20.0. The first-order valence-corrected chi connectivity index (χ1v) is 7.32. The van der Waals surface area contributed by atoms with Crippen LogP contribution in [-0.4, -0.2) is 37.0 Å². The number of rotatable bonds is 7. The molecule has 1 aromatic heterocycles. The topological polar surface area (TPSA) is 78.4 Å². The summed E-state index contributed by atoms with van der Waals surface area (Å²) < 4.78 is 0. The van der Waals surface area contributed by atoms with Crippen molar-refractivity contribution in [1.82, 2.24) is 15.6 Å². The third kappa shape index (κ3) is 7.29. The second-order valence-electron chi connectivity index (χ2n) is 4.80. The minimum Gasteiger partial charge on any atom is -0.356 e. The highest BCUT2D eigenvalue weighted by Gasteiger charge is 2.04. The molecule has 0 atom stereocenters. The Hall–Kier alpha value is -2.11. The van der Waals surface area contributed by atoms with Crippen LogP contribution >= 0.6 is 0 Å². The SMILES string of the molecule is CCCCNC(=NC)NCCC(=O)Nc1ccc(C)cn1. The highest BCUT2D eigenvalue weighted by Crippen LogP contribution is 2.03. The van der Waals surface area contributed by atoms with Crippen LogP contribution in [0.5, 0.6) is 0 Å². The van der Waals surface area contributed by atoms with Gasteiger partial charge in [-0.15, -0.1) is 0 Å². The molecule has 0 unspecified atom stereocenters. The fourth-order valence-electron chi connectivity index (χ4n) is 1.65. The van der Waals surface area contributed by atoms with E-state index < -0.39 is 0 Å². The van der Waals surface area contributed by atoms with Crippen LogP contribution in [0.3, 0.4) is 0 Å². The van der Waals surface area contributed by atoms with E-state index in [0.29, 0.717) is 18.8 Å². The van der Waals surface area contributed by atoms with Crippen LogP contribution in [-0.2, 0) is 4.79 Å². The number of aryl methyl sites for hydroxylation is 1. The lowest BCUT2D eigenvalue weighted by Crippen LogP contribution is -2.39. The van der Waals surface area contributed by atoms with Crippen molar-refractivity contribution in [2.75, 3.05) is 25.5 Å². The molecule has 0 saturated heterocycles. The van der Waals surface area contributed by atoms with Gasteiger partial charge >= 0.3 is 0 Å². The highest BCUT2D eigenvalue weighted by molar-refractivity contribution is 5.90. The van der Waals surface area contributed by atoms with E-state index in [0.717, 1.165) is 30.9 Å². The Labute approximate surface area is 126 Å². The first-order valence-electron chi connectivity index (χ1n) is 7.32. The number of nitrogens with one attached hydrogen (secondary N) is 3. The van der Waals surface area contributed by atoms with E-state index >= 15 is 0 Å². The van der Waals surface area contributed by atoms with Crippen LogP contribution in [0, 0.1) is 6.92 Å². The summed E-state index contributed by atoms with van der Waals surface area (Å²) in [5.74, 6) is 1.24. The molecule has 6 heteroatoms. The average molecular weight is 291 g/mol. The predicted molar refractivity (Wildman–Crippen MR) is 86.5 cm³/mol. The van der Waals surface area contributed by atoms with Gasteiger partial charge in [0.05, 0.1) is 0 Å². The smallest absolute Gasteiger partial charge is 0.227 e. The van der Waals surface area contributed by atoms with E-state index in [9.17, 15) is 4.79 Å². The molecule has 0 aromatic carbocycles. The van der Waals surface area contributed by atoms with Crippen LogP contribution in [0.15, 0.2) is 23.3 Å². The van der Waals surface area contributed by atoms with Crippen LogP contribution in [0.4, 0.5) is 5.82 Å². The molecule has 6 nitrogen and oxygen atoms in total. The molecule has 1 heterocycles. The molecule has 1 rings (SSSR count). The van der Waals surface area contributed by atoms with Crippen LogP contribution < -0.4 is 16.0 Å². The van der Waals surface area contributed by atoms with Gasteiger partial charge in [-0.1, -0.05) is 19.4 Å². The van der Waals surface area contributed by atoms with Crippen molar-refractivity contribution in [2.45, 2.75) is 33.1 Å². The van der Waals surface area contributed by atoms with Crippen molar-refractivity contribution >= 4 is 17.7 Å². The maximum absolute atomic E-state index is 11.8. The summed E-state index contributed by atoms with van der Waals surface area (Å²) >= 11 is 0. The zero-order chi connectivity index (χ0) is 15.5. The predicted octanol–water partition coefficient (Wildman–Crippen LogP) is 1.68. The molecule has 116 valence electrons. The van der Waals surface area contributed by atoms with Crippen molar-refractivity contribution < 1.29 is 4.79 Å². The largest absolute Gasteiger partial charge is 0.356 e. The summed E-state index contributed by atoms with van der Waals surface area (Å²) in [5, 5.41) is 9.07. The Morgan fingerprint density at radius 1 is 1.29 bits per heavy atom. The fourth-order valence-corrected chi connectivity index (χ4v) is 1.65. The van der Waals surface area contributed by atoms with Crippen LogP contribution in [0.2, 0.25) is 0 Å². The summed E-state index contributed by atoms with van der Waals surface area (Å²) in [6.45, 7) is 5.51. The number of aromatic nitrogens is 1. The molecular formula is C15H25N5O. The third-order valence-electron chi connectivity index (χ3n) is 2.87. The molecule has 0 saturated carbocycles. The highest BCUT2D eigenvalue weighted by atomic mass is 16.1. The van der Waals surface area contributed by atoms with E-state index in [1.165, 1.54) is 0 Å². The molecule has 0 radical (unpaired) electrons. The van der Waals surface area contributed by atoms with Gasteiger partial charge in [-0.05, 0) is 25.0 Å². The number of nitrogens with zero attached hydrogens (tertiary/aromatic N) is 2. The number of hydrogen-bond donors (Lipinski definition) is 3. The first-order chi connectivity index (χ1) is 10.2. The summed E-state index contributed by atoms with van der Waals surface area (Å²) in [6, 6.07) is 3.71. The monoisotopic (exact) mass is 291 g/mol. The number of amides is 1. The molecular weight excluding hydrogens is 266 g/mol. The Kier molecular flexibility index (Phi) is 7.86. The Bertz CT molecular complexity index is 456. The van der Waals surface area contributed by atoms with Gasteiger partial charge in [0.15, 0.2) is 5.96 Å². The number of pyridine rings is 1. The van der Waals surface area contributed by atoms with Gasteiger partial charge in [0.25, 0.3) is 0 Å². The molecule has 21 heavy (non-hydrogen) atoms. The van der Waals surface area contributed by atoms with Crippen LogP contribution in [0.1, 0.15) is 31.7 Å². The van der Waals surface area contributed by atoms with Crippen molar-refractivity contribution in [1.29, 1.82) is 0 Å². The number of hydrogen-bond acceptors (Lipinski definition) is 3. The van der Waals surface area contributed by atoms with E-state index in [4.69, 9.17) is 0 Å². The molecule has 0 aliphatic carbocycles. The molecule has 0 fully saturated rings. The van der Waals surface area contributed by atoms with Gasteiger partial charge in [0.2, 0.25) is 5.91 Å². The number of carbonyl (C=O) groups is 1. The summed E-state index contributed by atoms with van der Waals surface area (Å²) in [7, 11) is 1.72. The second kappa shape index (κ2) is 9.74. The number of carbonyl (C=O) groups excluding carboxylic acids is 1. The molecule has 3 N–H and O–H groups in total. The normalized spacial score (nSPS) is 11.1. The minimum atomic E-state index is -0.0668. The minimum absolute atomic E-state index is 0.0668. The standard InChI is InChI=1S/C15H25N5O/c1-4-5-9-17-15(16-3)18-10-8-14(21)20-13-7-6-12(2)11-19-13/h6-7,11H,4-5,8-10H2,1-3H3,(H2,16,17,18)(H,19,20,21). The number of unbranched alkanes of at least 4 members (excludes halogenated alkanes) is 1. The third-order valence-corrected chi connectivity index (χ3v) is 2.87. The van der Waals surface area contributed by atoms with Gasteiger partial charge in [0, 0.05) is 32.8 Å². The van der Waals surface area contributed by atoms with Gasteiger partial charge in [-0.25, -0.2) is 4.98 Å². The molecule has 1 amide bonds. The summed E-state index contributed by atoms with van der Waals surface area (Å²) in [6.07, 6.45) is 4.33. The van der Waals surface area contributed by atoms with Gasteiger partial charge in [-0.3, -0.25) is 9.79 Å². The lowest BCUT2D eigenvalue weighted by molar-refractivity contribution is -0.116. The molecule has 0 bridgehead atoms. The van der Waals surface area contributed by atoms with Gasteiger partial charge in [0.1, 0.15) is 5.82 Å². The Morgan fingerprint density at radius 3 is 2.67 bits per heavy atom. The lowest BCUT2D eigenvalue weighted by Gasteiger charge is -2.11. The van der Waals surface area contributed by atoms with Crippen molar-refractivity contribution in [2.24, 2.45) is 4.99 Å². The number of guanidine groups is 1. The molecule has 0 spiro atoms. The number of aliphatic imine (C=N–C) groups is 1. The van der Waals surface area contributed by atoms with Crippen LogP contribution in [0.25, 0.3) is 0 Å². The quantitative estimate of drug-likeness (QED) is 0.406. The average Bonchev–Trinajstić information content (AvgIpc) is 2.48. The van der Waals surface area contributed by atoms with Crippen molar-refractivity contribution in [3.05, 3.63) is 23.9 Å². The first kappa shape index (κ1) is 16.9. The molecule has 0 aliphatic heterocycles. The van der Waals surface area contributed by atoms with Crippen molar-refractivity contribution in [3.63, 3.8) is 0 Å².